The van der Waals surface area contributed by atoms with Crippen molar-refractivity contribution in [2.45, 2.75) is 77.0 Å². The number of hydrogen-bond donors (Lipinski definition) is 0. The number of rotatable bonds is 9. The van der Waals surface area contributed by atoms with Crippen LogP contribution >= 0.6 is 0 Å². The predicted molar refractivity (Wildman–Crippen MR) is 118 cm³/mol. The third kappa shape index (κ3) is 6.22. The summed E-state index contributed by atoms with van der Waals surface area (Å²) in [5.41, 5.74) is 4.37. The second-order valence-electron chi connectivity index (χ2n) is 8.40. The Kier molecular flexibility index (Phi) is 8.39. The number of esters is 1. The summed E-state index contributed by atoms with van der Waals surface area (Å²) >= 11 is 0. The zero-order valence-corrected chi connectivity index (χ0v) is 18.1. The lowest BCUT2D eigenvalue weighted by Crippen LogP contribution is -2.21. The van der Waals surface area contributed by atoms with Gasteiger partial charge >= 0.3 is 5.97 Å². The molecule has 0 aromatic heterocycles. The Morgan fingerprint density at radius 1 is 0.966 bits per heavy atom. The van der Waals surface area contributed by atoms with Gasteiger partial charge in [0.05, 0.1) is 19.6 Å². The first kappa shape index (κ1) is 21.7. The smallest absolute Gasteiger partial charge is 0.309 e. The predicted octanol–water partition coefficient (Wildman–Crippen LogP) is 6.74. The lowest BCUT2D eigenvalue weighted by Gasteiger charge is -2.27. The molecule has 0 aliphatic heterocycles. The lowest BCUT2D eigenvalue weighted by molar-refractivity contribution is -0.148. The quantitative estimate of drug-likeness (QED) is 0.342. The second-order valence-corrected chi connectivity index (χ2v) is 8.40. The summed E-state index contributed by atoms with van der Waals surface area (Å²) in [6.07, 6.45) is 15.5. The molecule has 0 N–H and O–H groups in total. The van der Waals surface area contributed by atoms with Crippen LogP contribution in [0.2, 0.25) is 0 Å². The lowest BCUT2D eigenvalue weighted by atomic mass is 9.79. The average Bonchev–Trinajstić information content (AvgIpc) is 2.79. The Bertz CT molecular complexity index is 714. The number of ether oxygens (including phenoxy) is 2. The molecular weight excluding hydrogens is 360 g/mol. The van der Waals surface area contributed by atoms with Crippen molar-refractivity contribution in [1.82, 2.24) is 0 Å². The molecular formula is C26H36O3. The Labute approximate surface area is 176 Å². The van der Waals surface area contributed by atoms with Crippen molar-refractivity contribution in [1.29, 1.82) is 0 Å². The molecule has 0 saturated heterocycles. The summed E-state index contributed by atoms with van der Waals surface area (Å²) in [5, 5.41) is 0. The monoisotopic (exact) mass is 396 g/mol. The Morgan fingerprint density at radius 2 is 1.69 bits per heavy atom. The van der Waals surface area contributed by atoms with Crippen molar-refractivity contribution in [3.8, 4) is 5.75 Å². The maximum Gasteiger partial charge on any atom is 0.309 e. The molecule has 158 valence electrons. The molecule has 29 heavy (non-hydrogen) atoms. The zero-order chi connectivity index (χ0) is 20.5. The zero-order valence-electron chi connectivity index (χ0n) is 18.1. The maximum atomic E-state index is 12.3. The minimum atomic E-state index is 0.00833. The summed E-state index contributed by atoms with van der Waals surface area (Å²) in [4.78, 5) is 12.3. The van der Waals surface area contributed by atoms with Crippen molar-refractivity contribution in [2.75, 3.05) is 13.7 Å². The number of carbonyl (C=O) groups excluding carboxylic acids is 1. The van der Waals surface area contributed by atoms with E-state index >= 15 is 0 Å². The van der Waals surface area contributed by atoms with Crippen LogP contribution < -0.4 is 4.74 Å². The first-order chi connectivity index (χ1) is 14.2. The number of unbranched alkanes of at least 4 members (excludes halogenated alkanes) is 3. The fraction of sp³-hybridized carbons (Fsp3) is 0.577. The van der Waals surface area contributed by atoms with Crippen LogP contribution in [0, 0.1) is 5.92 Å². The minimum Gasteiger partial charge on any atom is -0.497 e. The van der Waals surface area contributed by atoms with Crippen LogP contribution in [0.5, 0.6) is 5.75 Å². The molecule has 0 saturated carbocycles. The molecule has 0 spiro atoms. The van der Waals surface area contributed by atoms with E-state index in [1.807, 2.05) is 0 Å². The highest BCUT2D eigenvalue weighted by Gasteiger charge is 2.25. The number of methoxy groups -OCH3 is 1. The van der Waals surface area contributed by atoms with E-state index in [2.05, 4.69) is 43.3 Å². The molecule has 1 aromatic carbocycles. The fourth-order valence-corrected chi connectivity index (χ4v) is 4.46. The molecule has 2 unspecified atom stereocenters. The fourth-order valence-electron chi connectivity index (χ4n) is 4.46. The summed E-state index contributed by atoms with van der Waals surface area (Å²) in [6.45, 7) is 2.78. The van der Waals surface area contributed by atoms with E-state index in [-0.39, 0.29) is 11.9 Å². The highest BCUT2D eigenvalue weighted by molar-refractivity contribution is 5.73. The molecule has 2 atom stereocenters. The topological polar surface area (TPSA) is 35.5 Å². The van der Waals surface area contributed by atoms with Crippen molar-refractivity contribution >= 4 is 5.97 Å². The van der Waals surface area contributed by atoms with E-state index in [4.69, 9.17) is 9.47 Å². The number of hydrogen-bond acceptors (Lipinski definition) is 3. The summed E-state index contributed by atoms with van der Waals surface area (Å²) in [5.74, 6) is 1.58. The number of allylic oxidation sites excluding steroid dienone is 4. The Balaban J connectivity index is 1.46. The highest BCUT2D eigenvalue weighted by Crippen LogP contribution is 2.38. The average molecular weight is 397 g/mol. The van der Waals surface area contributed by atoms with Crippen LogP contribution in [0.25, 0.3) is 0 Å². The van der Waals surface area contributed by atoms with Crippen molar-refractivity contribution < 1.29 is 14.3 Å². The Morgan fingerprint density at radius 3 is 2.28 bits per heavy atom. The molecule has 2 aliphatic rings. The van der Waals surface area contributed by atoms with E-state index in [1.165, 1.54) is 36.0 Å². The van der Waals surface area contributed by atoms with Crippen LogP contribution in [-0.4, -0.2) is 19.7 Å². The largest absolute Gasteiger partial charge is 0.497 e. The normalized spacial score (nSPS) is 21.9. The summed E-state index contributed by atoms with van der Waals surface area (Å²) in [6, 6.07) is 8.50. The maximum absolute atomic E-state index is 12.3. The van der Waals surface area contributed by atoms with Gasteiger partial charge in [-0.05, 0) is 79.7 Å². The molecule has 1 aromatic rings. The summed E-state index contributed by atoms with van der Waals surface area (Å²) in [7, 11) is 1.71. The number of benzene rings is 1. The van der Waals surface area contributed by atoms with E-state index in [1.54, 1.807) is 7.11 Å². The van der Waals surface area contributed by atoms with Crippen molar-refractivity contribution in [3.05, 3.63) is 53.1 Å². The van der Waals surface area contributed by atoms with Crippen LogP contribution in [0.4, 0.5) is 0 Å². The van der Waals surface area contributed by atoms with Gasteiger partial charge in [0, 0.05) is 0 Å². The van der Waals surface area contributed by atoms with Gasteiger partial charge in [-0.25, -0.2) is 0 Å². The van der Waals surface area contributed by atoms with Gasteiger partial charge in [-0.15, -0.1) is 0 Å². The SMILES string of the molecule is CCCCCCOC(=O)C1CC=C(C2=CCC(c3ccc(OC)cc3)CC2)CC1. The van der Waals surface area contributed by atoms with E-state index in [0.29, 0.717) is 12.5 Å². The molecule has 3 heteroatoms. The van der Waals surface area contributed by atoms with Gasteiger partial charge in [0.1, 0.15) is 5.75 Å². The first-order valence-corrected chi connectivity index (χ1v) is 11.4. The van der Waals surface area contributed by atoms with Crippen LogP contribution in [-0.2, 0) is 9.53 Å². The van der Waals surface area contributed by atoms with E-state index in [0.717, 1.165) is 50.7 Å². The number of carbonyl (C=O) groups is 1. The van der Waals surface area contributed by atoms with Crippen LogP contribution in [0.1, 0.15) is 82.6 Å². The van der Waals surface area contributed by atoms with Gasteiger partial charge in [0.25, 0.3) is 0 Å². The Hall–Kier alpha value is -2.03. The van der Waals surface area contributed by atoms with Gasteiger partial charge in [-0.1, -0.05) is 50.5 Å². The van der Waals surface area contributed by atoms with E-state index < -0.39 is 0 Å². The van der Waals surface area contributed by atoms with Gasteiger partial charge in [-0.2, -0.15) is 0 Å². The molecule has 0 amide bonds. The van der Waals surface area contributed by atoms with Crippen molar-refractivity contribution in [3.63, 3.8) is 0 Å². The van der Waals surface area contributed by atoms with Gasteiger partial charge in [0.2, 0.25) is 0 Å². The molecule has 3 nitrogen and oxygen atoms in total. The third-order valence-electron chi connectivity index (χ3n) is 6.40. The second kappa shape index (κ2) is 11.2. The molecule has 0 heterocycles. The minimum absolute atomic E-state index is 0.00833. The van der Waals surface area contributed by atoms with Gasteiger partial charge in [-0.3, -0.25) is 4.79 Å². The molecule has 0 radical (unpaired) electrons. The first-order valence-electron chi connectivity index (χ1n) is 11.4. The standard InChI is InChI=1S/C26H36O3/c1-3-4-5-6-19-29-26(27)24-13-11-22(12-14-24)20-7-9-21(10-8-20)23-15-17-25(28-2)18-16-23/h7,11,15-18,21,24H,3-6,8-10,12-14,19H2,1-2H3. The highest BCUT2D eigenvalue weighted by atomic mass is 16.5. The van der Waals surface area contributed by atoms with E-state index in [9.17, 15) is 4.79 Å². The molecule has 2 aliphatic carbocycles. The van der Waals surface area contributed by atoms with Crippen molar-refractivity contribution in [2.24, 2.45) is 5.92 Å². The third-order valence-corrected chi connectivity index (χ3v) is 6.40. The van der Waals surface area contributed by atoms with Gasteiger partial charge in [0.15, 0.2) is 0 Å². The van der Waals surface area contributed by atoms with Crippen LogP contribution in [0.3, 0.4) is 0 Å². The van der Waals surface area contributed by atoms with Gasteiger partial charge < -0.3 is 9.47 Å². The van der Waals surface area contributed by atoms with Crippen LogP contribution in [0.15, 0.2) is 47.6 Å². The molecule has 3 rings (SSSR count). The summed E-state index contributed by atoms with van der Waals surface area (Å²) < 4.78 is 10.8. The molecule has 0 fully saturated rings. The molecule has 0 bridgehead atoms.